The molecular weight excluding hydrogens is 255 g/mol. The lowest BCUT2D eigenvalue weighted by atomic mass is 10.0. The lowest BCUT2D eigenvalue weighted by Gasteiger charge is -2.15. The van der Waals surface area contributed by atoms with Gasteiger partial charge < -0.3 is 11.1 Å². The third kappa shape index (κ3) is 5.02. The normalized spacial score (nSPS) is 11.8. The molecule has 0 saturated carbocycles. The molecule has 0 spiro atoms. The molecule has 18 heavy (non-hydrogen) atoms. The molecule has 0 aromatic heterocycles. The fourth-order valence-corrected chi connectivity index (χ4v) is 1.44. The van der Waals surface area contributed by atoms with Crippen molar-refractivity contribution in [2.75, 3.05) is 6.54 Å². The van der Waals surface area contributed by atoms with E-state index < -0.39 is 6.04 Å². The summed E-state index contributed by atoms with van der Waals surface area (Å²) in [6.07, 6.45) is 0.475. The predicted octanol–water partition coefficient (Wildman–Crippen LogP) is 1.89. The van der Waals surface area contributed by atoms with E-state index in [1.165, 1.54) is 6.07 Å². The van der Waals surface area contributed by atoms with Gasteiger partial charge in [-0.1, -0.05) is 32.0 Å². The van der Waals surface area contributed by atoms with Crippen LogP contribution >= 0.6 is 12.4 Å². The summed E-state index contributed by atoms with van der Waals surface area (Å²) >= 11 is 0. The molecule has 3 nitrogen and oxygen atoms in total. The van der Waals surface area contributed by atoms with Crippen molar-refractivity contribution in [1.29, 1.82) is 0 Å². The number of carbonyl (C=O) groups excluding carboxylic acids is 1. The average Bonchev–Trinajstić information content (AvgIpc) is 2.30. The fraction of sp³-hybridized carbons (Fsp3) is 0.462. The minimum Gasteiger partial charge on any atom is -0.354 e. The minimum atomic E-state index is -0.504. The number of hydrogen-bond donors (Lipinski definition) is 2. The van der Waals surface area contributed by atoms with Crippen molar-refractivity contribution in [1.82, 2.24) is 5.32 Å². The van der Waals surface area contributed by atoms with Gasteiger partial charge in [-0.3, -0.25) is 4.79 Å². The van der Waals surface area contributed by atoms with Crippen molar-refractivity contribution in [3.8, 4) is 0 Å². The summed E-state index contributed by atoms with van der Waals surface area (Å²) in [5, 5.41) is 2.71. The minimum absolute atomic E-state index is 0. The highest BCUT2D eigenvalue weighted by molar-refractivity contribution is 5.85. The van der Waals surface area contributed by atoms with Gasteiger partial charge in [0.1, 0.15) is 5.82 Å². The van der Waals surface area contributed by atoms with Gasteiger partial charge in [-0.2, -0.15) is 0 Å². The summed E-state index contributed by atoms with van der Waals surface area (Å²) in [6, 6.07) is 6.04. The van der Waals surface area contributed by atoms with E-state index >= 15 is 0 Å². The largest absolute Gasteiger partial charge is 0.354 e. The maximum atomic E-state index is 13.3. The second-order valence-corrected chi connectivity index (χ2v) is 4.40. The number of nitrogens with one attached hydrogen (secondary N) is 1. The fourth-order valence-electron chi connectivity index (χ4n) is 1.44. The molecule has 0 aliphatic heterocycles. The predicted molar refractivity (Wildman–Crippen MR) is 73.2 cm³/mol. The van der Waals surface area contributed by atoms with Crippen molar-refractivity contribution in [2.24, 2.45) is 11.7 Å². The van der Waals surface area contributed by atoms with Gasteiger partial charge in [-0.05, 0) is 24.0 Å². The van der Waals surface area contributed by atoms with Crippen LogP contribution in [0.15, 0.2) is 24.3 Å². The molecule has 1 aromatic rings. The number of nitrogens with two attached hydrogens (primary N) is 1. The molecule has 102 valence electrons. The zero-order valence-electron chi connectivity index (χ0n) is 10.7. The molecule has 3 N–H and O–H groups in total. The van der Waals surface area contributed by atoms with Crippen LogP contribution in [0.4, 0.5) is 4.39 Å². The Morgan fingerprint density at radius 2 is 2.00 bits per heavy atom. The first kappa shape index (κ1) is 16.9. The van der Waals surface area contributed by atoms with Crippen molar-refractivity contribution in [3.05, 3.63) is 35.6 Å². The van der Waals surface area contributed by atoms with Crippen LogP contribution in [0.3, 0.4) is 0 Å². The zero-order valence-corrected chi connectivity index (χ0v) is 11.5. The zero-order chi connectivity index (χ0) is 12.8. The van der Waals surface area contributed by atoms with Gasteiger partial charge in [0.15, 0.2) is 0 Å². The van der Waals surface area contributed by atoms with Gasteiger partial charge >= 0.3 is 0 Å². The van der Waals surface area contributed by atoms with E-state index in [0.29, 0.717) is 18.5 Å². The highest BCUT2D eigenvalue weighted by Crippen LogP contribution is 2.06. The Balaban J connectivity index is 0.00000289. The van der Waals surface area contributed by atoms with Crippen LogP contribution in [0.25, 0.3) is 0 Å². The second kappa shape index (κ2) is 8.06. The van der Waals surface area contributed by atoms with Gasteiger partial charge in [-0.15, -0.1) is 12.4 Å². The van der Waals surface area contributed by atoms with Crippen molar-refractivity contribution < 1.29 is 9.18 Å². The van der Waals surface area contributed by atoms with E-state index in [9.17, 15) is 9.18 Å². The Bertz CT molecular complexity index is 385. The summed E-state index contributed by atoms with van der Waals surface area (Å²) in [7, 11) is 0. The van der Waals surface area contributed by atoms with Crippen LogP contribution in [0.2, 0.25) is 0 Å². The first-order valence-electron chi connectivity index (χ1n) is 5.79. The maximum Gasteiger partial charge on any atom is 0.237 e. The Labute approximate surface area is 113 Å². The lowest BCUT2D eigenvalue weighted by Crippen LogP contribution is -2.44. The van der Waals surface area contributed by atoms with E-state index in [1.807, 2.05) is 13.8 Å². The summed E-state index contributed by atoms with van der Waals surface area (Å²) in [5.74, 6) is -0.324. The first-order chi connectivity index (χ1) is 8.02. The SMILES string of the molecule is CC(C)C(N)C(=O)NCCc1ccccc1F.Cl. The summed E-state index contributed by atoms with van der Waals surface area (Å²) < 4.78 is 13.3. The first-order valence-corrected chi connectivity index (χ1v) is 5.79. The van der Waals surface area contributed by atoms with Crippen LogP contribution in [0.1, 0.15) is 19.4 Å². The Hall–Kier alpha value is -1.13. The van der Waals surface area contributed by atoms with Crippen LogP contribution in [-0.2, 0) is 11.2 Å². The monoisotopic (exact) mass is 274 g/mol. The molecule has 0 fully saturated rings. The number of amides is 1. The molecular formula is C13H20ClFN2O. The van der Waals surface area contributed by atoms with Crippen LogP contribution in [0, 0.1) is 11.7 Å². The molecule has 5 heteroatoms. The summed E-state index contributed by atoms with van der Waals surface area (Å²) in [5.41, 5.74) is 6.29. The van der Waals surface area contributed by atoms with E-state index in [4.69, 9.17) is 5.73 Å². The summed E-state index contributed by atoms with van der Waals surface area (Å²) in [4.78, 5) is 11.5. The molecule has 0 aliphatic rings. The Kier molecular flexibility index (Phi) is 7.55. The third-order valence-corrected chi connectivity index (χ3v) is 2.67. The van der Waals surface area contributed by atoms with Crippen molar-refractivity contribution in [3.63, 3.8) is 0 Å². The number of halogens is 2. The molecule has 0 radical (unpaired) electrons. The molecule has 1 rings (SSSR count). The third-order valence-electron chi connectivity index (χ3n) is 2.67. The highest BCUT2D eigenvalue weighted by Gasteiger charge is 2.16. The van der Waals surface area contributed by atoms with Crippen LogP contribution in [-0.4, -0.2) is 18.5 Å². The molecule has 1 unspecified atom stereocenters. The van der Waals surface area contributed by atoms with Gasteiger partial charge in [0.25, 0.3) is 0 Å². The molecule has 0 saturated heterocycles. The van der Waals surface area contributed by atoms with Crippen LogP contribution < -0.4 is 11.1 Å². The molecule has 1 amide bonds. The molecule has 1 atom stereocenters. The molecule has 0 heterocycles. The van der Waals surface area contributed by atoms with Gasteiger partial charge in [0.05, 0.1) is 6.04 Å². The summed E-state index contributed by atoms with van der Waals surface area (Å²) in [6.45, 7) is 4.18. The number of benzene rings is 1. The van der Waals surface area contributed by atoms with Crippen molar-refractivity contribution >= 4 is 18.3 Å². The lowest BCUT2D eigenvalue weighted by molar-refractivity contribution is -0.123. The van der Waals surface area contributed by atoms with Gasteiger partial charge in [0, 0.05) is 6.54 Å². The van der Waals surface area contributed by atoms with Gasteiger partial charge in [0.2, 0.25) is 5.91 Å². The molecule has 0 bridgehead atoms. The number of rotatable bonds is 5. The Morgan fingerprint density at radius 3 is 2.56 bits per heavy atom. The van der Waals surface area contributed by atoms with Gasteiger partial charge in [-0.25, -0.2) is 4.39 Å². The van der Waals surface area contributed by atoms with Crippen molar-refractivity contribution in [2.45, 2.75) is 26.3 Å². The highest BCUT2D eigenvalue weighted by atomic mass is 35.5. The quantitative estimate of drug-likeness (QED) is 0.862. The molecule has 1 aromatic carbocycles. The standard InChI is InChI=1S/C13H19FN2O.ClH/c1-9(2)12(15)13(17)16-8-7-10-5-3-4-6-11(10)14;/h3-6,9,12H,7-8,15H2,1-2H3,(H,16,17);1H. The second-order valence-electron chi connectivity index (χ2n) is 4.40. The van der Waals surface area contributed by atoms with Crippen LogP contribution in [0.5, 0.6) is 0 Å². The van der Waals surface area contributed by atoms with E-state index in [1.54, 1.807) is 18.2 Å². The smallest absolute Gasteiger partial charge is 0.237 e. The van der Waals surface area contributed by atoms with E-state index in [0.717, 1.165) is 0 Å². The number of carbonyl (C=O) groups is 1. The topological polar surface area (TPSA) is 55.1 Å². The Morgan fingerprint density at radius 1 is 1.39 bits per heavy atom. The molecule has 0 aliphatic carbocycles. The average molecular weight is 275 g/mol. The van der Waals surface area contributed by atoms with E-state index in [2.05, 4.69) is 5.32 Å². The van der Waals surface area contributed by atoms with E-state index in [-0.39, 0.29) is 30.0 Å². The maximum absolute atomic E-state index is 13.3. The number of hydrogen-bond acceptors (Lipinski definition) is 2.